The molecule has 5 nitrogen and oxygen atoms in total. The van der Waals surface area contributed by atoms with Gasteiger partial charge in [-0.3, -0.25) is 4.79 Å². The SMILES string of the molecule is CCOC(=O)C(C)(N)CCOc1ccccc1OCC. The number of hydrogen-bond acceptors (Lipinski definition) is 5. The van der Waals surface area contributed by atoms with Crippen LogP contribution in [0.5, 0.6) is 11.5 Å². The highest BCUT2D eigenvalue weighted by Crippen LogP contribution is 2.26. The van der Waals surface area contributed by atoms with Crippen LogP contribution in [0.15, 0.2) is 24.3 Å². The van der Waals surface area contributed by atoms with Gasteiger partial charge < -0.3 is 19.9 Å². The lowest BCUT2D eigenvalue weighted by molar-refractivity contribution is -0.149. The van der Waals surface area contributed by atoms with Crippen LogP contribution in [0.1, 0.15) is 27.2 Å². The third kappa shape index (κ3) is 4.74. The summed E-state index contributed by atoms with van der Waals surface area (Å²) in [5, 5.41) is 0. The van der Waals surface area contributed by atoms with Gasteiger partial charge in [-0.05, 0) is 32.9 Å². The van der Waals surface area contributed by atoms with E-state index in [0.717, 1.165) is 0 Å². The number of nitrogens with two attached hydrogens (primary N) is 1. The Morgan fingerprint density at radius 2 is 1.75 bits per heavy atom. The van der Waals surface area contributed by atoms with E-state index in [1.165, 1.54) is 0 Å². The summed E-state index contributed by atoms with van der Waals surface area (Å²) in [4.78, 5) is 11.6. The Balaban J connectivity index is 2.54. The summed E-state index contributed by atoms with van der Waals surface area (Å²) in [5.74, 6) is 0.917. The van der Waals surface area contributed by atoms with Crippen molar-refractivity contribution in [3.8, 4) is 11.5 Å². The first-order valence-corrected chi connectivity index (χ1v) is 6.82. The highest BCUT2D eigenvalue weighted by atomic mass is 16.5. The van der Waals surface area contributed by atoms with Crippen molar-refractivity contribution in [3.05, 3.63) is 24.3 Å². The van der Waals surface area contributed by atoms with Crippen molar-refractivity contribution in [1.82, 2.24) is 0 Å². The van der Waals surface area contributed by atoms with Gasteiger partial charge in [-0.15, -0.1) is 0 Å². The Bertz CT molecular complexity index is 432. The van der Waals surface area contributed by atoms with Crippen molar-refractivity contribution in [1.29, 1.82) is 0 Å². The normalized spacial score (nSPS) is 13.4. The molecule has 0 radical (unpaired) electrons. The molecule has 1 atom stereocenters. The monoisotopic (exact) mass is 281 g/mol. The highest BCUT2D eigenvalue weighted by molar-refractivity contribution is 5.79. The zero-order valence-electron chi connectivity index (χ0n) is 12.3. The van der Waals surface area contributed by atoms with Gasteiger partial charge in [-0.1, -0.05) is 12.1 Å². The van der Waals surface area contributed by atoms with Crippen LogP contribution in [-0.4, -0.2) is 31.3 Å². The highest BCUT2D eigenvalue weighted by Gasteiger charge is 2.29. The second-order valence-corrected chi connectivity index (χ2v) is 4.62. The van der Waals surface area contributed by atoms with Gasteiger partial charge in [0.05, 0.1) is 19.8 Å². The summed E-state index contributed by atoms with van der Waals surface area (Å²) in [5.41, 5.74) is 4.88. The number of carbonyl (C=O) groups is 1. The molecule has 1 unspecified atom stereocenters. The predicted octanol–water partition coefficient (Wildman–Crippen LogP) is 2.13. The fourth-order valence-corrected chi connectivity index (χ4v) is 1.62. The zero-order valence-corrected chi connectivity index (χ0v) is 12.3. The molecule has 0 spiro atoms. The van der Waals surface area contributed by atoms with E-state index in [1.807, 2.05) is 31.2 Å². The molecule has 1 aromatic rings. The van der Waals surface area contributed by atoms with E-state index in [2.05, 4.69) is 0 Å². The van der Waals surface area contributed by atoms with Gasteiger partial charge in [0.15, 0.2) is 11.5 Å². The molecule has 0 heterocycles. The predicted molar refractivity (Wildman–Crippen MR) is 76.9 cm³/mol. The van der Waals surface area contributed by atoms with E-state index < -0.39 is 11.5 Å². The van der Waals surface area contributed by atoms with Gasteiger partial charge >= 0.3 is 5.97 Å². The van der Waals surface area contributed by atoms with Crippen LogP contribution in [0.4, 0.5) is 0 Å². The largest absolute Gasteiger partial charge is 0.490 e. The average molecular weight is 281 g/mol. The van der Waals surface area contributed by atoms with Crippen LogP contribution in [-0.2, 0) is 9.53 Å². The summed E-state index contributed by atoms with van der Waals surface area (Å²) in [6, 6.07) is 7.41. The van der Waals surface area contributed by atoms with Crippen molar-refractivity contribution in [2.45, 2.75) is 32.7 Å². The lowest BCUT2D eigenvalue weighted by Gasteiger charge is -2.22. The maximum atomic E-state index is 11.6. The third-order valence-corrected chi connectivity index (χ3v) is 2.77. The van der Waals surface area contributed by atoms with E-state index in [4.69, 9.17) is 19.9 Å². The first kappa shape index (κ1) is 16.3. The van der Waals surface area contributed by atoms with Gasteiger partial charge in [0.25, 0.3) is 0 Å². The number of esters is 1. The summed E-state index contributed by atoms with van der Waals surface area (Å²) < 4.78 is 16.0. The summed E-state index contributed by atoms with van der Waals surface area (Å²) in [7, 11) is 0. The standard InChI is InChI=1S/C15H23NO4/c1-4-18-12-8-6-7-9-13(12)20-11-10-15(3,16)14(17)19-5-2/h6-9H,4-5,10-11,16H2,1-3H3. The number of benzene rings is 1. The van der Waals surface area contributed by atoms with Gasteiger partial charge in [0.1, 0.15) is 5.54 Å². The van der Waals surface area contributed by atoms with E-state index in [-0.39, 0.29) is 0 Å². The fourth-order valence-electron chi connectivity index (χ4n) is 1.62. The molecule has 20 heavy (non-hydrogen) atoms. The molecule has 0 aliphatic heterocycles. The molecule has 112 valence electrons. The molecular weight excluding hydrogens is 258 g/mol. The van der Waals surface area contributed by atoms with Gasteiger partial charge in [0.2, 0.25) is 0 Å². The zero-order chi connectivity index (χ0) is 15.0. The van der Waals surface area contributed by atoms with E-state index in [9.17, 15) is 4.79 Å². The second kappa shape index (κ2) is 7.75. The Labute approximate surface area is 120 Å². The van der Waals surface area contributed by atoms with Crippen LogP contribution in [0.2, 0.25) is 0 Å². The first-order valence-electron chi connectivity index (χ1n) is 6.82. The lowest BCUT2D eigenvalue weighted by atomic mass is 10.0. The van der Waals surface area contributed by atoms with Crippen molar-refractivity contribution in [2.75, 3.05) is 19.8 Å². The summed E-state index contributed by atoms with van der Waals surface area (Å²) >= 11 is 0. The quantitative estimate of drug-likeness (QED) is 0.739. The second-order valence-electron chi connectivity index (χ2n) is 4.62. The molecule has 0 aliphatic carbocycles. The van der Waals surface area contributed by atoms with Crippen molar-refractivity contribution < 1.29 is 19.0 Å². The minimum Gasteiger partial charge on any atom is -0.490 e. The maximum Gasteiger partial charge on any atom is 0.325 e. The van der Waals surface area contributed by atoms with Crippen molar-refractivity contribution in [2.24, 2.45) is 5.73 Å². The lowest BCUT2D eigenvalue weighted by Crippen LogP contribution is -2.47. The number of ether oxygens (including phenoxy) is 3. The number of para-hydroxylation sites is 2. The Morgan fingerprint density at radius 1 is 1.15 bits per heavy atom. The number of hydrogen-bond donors (Lipinski definition) is 1. The van der Waals surface area contributed by atoms with E-state index >= 15 is 0 Å². The van der Waals surface area contributed by atoms with Gasteiger partial charge in [-0.25, -0.2) is 0 Å². The molecule has 0 fully saturated rings. The number of carbonyl (C=O) groups excluding carboxylic acids is 1. The topological polar surface area (TPSA) is 70.8 Å². The molecule has 0 amide bonds. The van der Waals surface area contributed by atoms with Crippen LogP contribution in [0.3, 0.4) is 0 Å². The van der Waals surface area contributed by atoms with Gasteiger partial charge in [0, 0.05) is 6.42 Å². The fraction of sp³-hybridized carbons (Fsp3) is 0.533. The number of rotatable bonds is 8. The Hall–Kier alpha value is -1.75. The van der Waals surface area contributed by atoms with Crippen LogP contribution >= 0.6 is 0 Å². The summed E-state index contributed by atoms with van der Waals surface area (Å²) in [6.07, 6.45) is 0.367. The van der Waals surface area contributed by atoms with Gasteiger partial charge in [-0.2, -0.15) is 0 Å². The molecular formula is C15H23NO4. The molecule has 2 N–H and O–H groups in total. The van der Waals surface area contributed by atoms with Crippen molar-refractivity contribution in [3.63, 3.8) is 0 Å². The minimum absolute atomic E-state index is 0.315. The van der Waals surface area contributed by atoms with E-state index in [1.54, 1.807) is 13.8 Å². The molecule has 0 saturated heterocycles. The third-order valence-electron chi connectivity index (χ3n) is 2.77. The molecule has 0 aliphatic rings. The molecule has 0 aromatic heterocycles. The van der Waals surface area contributed by atoms with Crippen LogP contribution in [0, 0.1) is 0 Å². The maximum absolute atomic E-state index is 11.6. The first-order chi connectivity index (χ1) is 9.51. The van der Waals surface area contributed by atoms with Crippen molar-refractivity contribution >= 4 is 5.97 Å². The minimum atomic E-state index is -1.05. The average Bonchev–Trinajstić information content (AvgIpc) is 2.41. The molecule has 1 rings (SSSR count). The smallest absolute Gasteiger partial charge is 0.325 e. The molecule has 1 aromatic carbocycles. The van der Waals surface area contributed by atoms with Crippen LogP contribution < -0.4 is 15.2 Å². The van der Waals surface area contributed by atoms with E-state index in [0.29, 0.717) is 37.7 Å². The Kier molecular flexibility index (Phi) is 6.31. The van der Waals surface area contributed by atoms with Crippen LogP contribution in [0.25, 0.3) is 0 Å². The molecule has 0 saturated carbocycles. The molecule has 5 heteroatoms. The Morgan fingerprint density at radius 3 is 2.30 bits per heavy atom. The molecule has 0 bridgehead atoms. The summed E-state index contributed by atoms with van der Waals surface area (Å²) in [6.45, 7) is 6.51.